The van der Waals surface area contributed by atoms with Crippen molar-refractivity contribution in [3.8, 4) is 0 Å². The van der Waals surface area contributed by atoms with Gasteiger partial charge in [0.25, 0.3) is 0 Å². The van der Waals surface area contributed by atoms with Gasteiger partial charge < -0.3 is 10.1 Å². The van der Waals surface area contributed by atoms with Gasteiger partial charge in [-0.2, -0.15) is 0 Å². The molecule has 2 atom stereocenters. The molecule has 0 aromatic heterocycles. The maximum absolute atomic E-state index is 5.23. The van der Waals surface area contributed by atoms with Gasteiger partial charge in [-0.1, -0.05) is 6.42 Å². The number of hydrazine groups is 1. The third kappa shape index (κ3) is 4.23. The van der Waals surface area contributed by atoms with Gasteiger partial charge in [-0.05, 0) is 38.9 Å². The van der Waals surface area contributed by atoms with Crippen molar-refractivity contribution in [1.29, 1.82) is 0 Å². The van der Waals surface area contributed by atoms with Crippen LogP contribution in [0.3, 0.4) is 0 Å². The standard InChI is InChI=1S/C11H23N3OS/c1-9-5-4-6-10(2)14(9)13-11(16)12-7-8-15-3/h9-10H,4-8H2,1-3H3,(H2,12,13,16)/t9-,10-/m1/s1. The number of methoxy groups -OCH3 is 1. The minimum atomic E-state index is 0.547. The lowest BCUT2D eigenvalue weighted by Crippen LogP contribution is -2.56. The van der Waals surface area contributed by atoms with Crippen LogP contribution in [0.1, 0.15) is 33.1 Å². The number of hydrogen-bond donors (Lipinski definition) is 2. The number of nitrogens with one attached hydrogen (secondary N) is 2. The monoisotopic (exact) mass is 245 g/mol. The quantitative estimate of drug-likeness (QED) is 0.576. The lowest BCUT2D eigenvalue weighted by molar-refractivity contribution is 0.0734. The molecule has 1 aliphatic heterocycles. The maximum Gasteiger partial charge on any atom is 0.181 e. The number of thiocarbonyl (C=S) groups is 1. The van der Waals surface area contributed by atoms with Crippen LogP contribution in [0.5, 0.6) is 0 Å². The predicted molar refractivity (Wildman–Crippen MR) is 70.2 cm³/mol. The minimum Gasteiger partial charge on any atom is -0.383 e. The van der Waals surface area contributed by atoms with Crippen LogP contribution in [0.25, 0.3) is 0 Å². The molecule has 1 fully saturated rings. The Morgan fingerprint density at radius 2 is 2.00 bits per heavy atom. The fourth-order valence-electron chi connectivity index (χ4n) is 2.07. The minimum absolute atomic E-state index is 0.547. The van der Waals surface area contributed by atoms with Crippen molar-refractivity contribution >= 4 is 17.3 Å². The molecule has 94 valence electrons. The summed E-state index contributed by atoms with van der Waals surface area (Å²) >= 11 is 5.23. The van der Waals surface area contributed by atoms with E-state index in [1.165, 1.54) is 19.3 Å². The molecule has 0 radical (unpaired) electrons. The van der Waals surface area contributed by atoms with Crippen molar-refractivity contribution in [3.63, 3.8) is 0 Å². The van der Waals surface area contributed by atoms with E-state index in [4.69, 9.17) is 17.0 Å². The zero-order chi connectivity index (χ0) is 12.0. The first-order chi connectivity index (χ1) is 7.65. The molecular formula is C11H23N3OS. The summed E-state index contributed by atoms with van der Waals surface area (Å²) < 4.78 is 4.96. The Hall–Kier alpha value is -0.390. The Morgan fingerprint density at radius 1 is 1.38 bits per heavy atom. The van der Waals surface area contributed by atoms with E-state index in [1.54, 1.807) is 7.11 Å². The molecule has 1 heterocycles. The van der Waals surface area contributed by atoms with Gasteiger partial charge in [0.2, 0.25) is 0 Å². The van der Waals surface area contributed by atoms with Crippen molar-refractivity contribution in [2.45, 2.75) is 45.2 Å². The van der Waals surface area contributed by atoms with Crippen LogP contribution in [0.4, 0.5) is 0 Å². The van der Waals surface area contributed by atoms with Crippen LogP contribution in [-0.2, 0) is 4.74 Å². The zero-order valence-corrected chi connectivity index (χ0v) is 11.3. The van der Waals surface area contributed by atoms with Crippen molar-refractivity contribution in [1.82, 2.24) is 15.8 Å². The average molecular weight is 245 g/mol. The molecule has 1 saturated heterocycles. The molecule has 1 rings (SSSR count). The zero-order valence-electron chi connectivity index (χ0n) is 10.5. The van der Waals surface area contributed by atoms with Gasteiger partial charge in [0.05, 0.1) is 6.61 Å². The van der Waals surface area contributed by atoms with Crippen LogP contribution >= 0.6 is 12.2 Å². The molecule has 0 aliphatic carbocycles. The number of ether oxygens (including phenoxy) is 1. The highest BCUT2D eigenvalue weighted by atomic mass is 32.1. The highest BCUT2D eigenvalue weighted by Crippen LogP contribution is 2.19. The van der Waals surface area contributed by atoms with E-state index in [9.17, 15) is 0 Å². The third-order valence-electron chi connectivity index (χ3n) is 3.02. The highest BCUT2D eigenvalue weighted by Gasteiger charge is 2.24. The van der Waals surface area contributed by atoms with E-state index in [-0.39, 0.29) is 0 Å². The van der Waals surface area contributed by atoms with Gasteiger partial charge in [-0.15, -0.1) is 0 Å². The van der Waals surface area contributed by atoms with Gasteiger partial charge in [-0.25, -0.2) is 5.01 Å². The lowest BCUT2D eigenvalue weighted by Gasteiger charge is -2.39. The summed E-state index contributed by atoms with van der Waals surface area (Å²) in [5, 5.41) is 6.07. The fourth-order valence-corrected chi connectivity index (χ4v) is 2.27. The van der Waals surface area contributed by atoms with Gasteiger partial charge >= 0.3 is 0 Å². The number of rotatable bonds is 4. The summed E-state index contributed by atoms with van der Waals surface area (Å²) in [6.45, 7) is 5.90. The van der Waals surface area contributed by atoms with Crippen LogP contribution in [0.2, 0.25) is 0 Å². The molecule has 1 aliphatic rings. The van der Waals surface area contributed by atoms with E-state index in [0.717, 1.165) is 6.54 Å². The molecule has 4 nitrogen and oxygen atoms in total. The number of hydrogen-bond acceptors (Lipinski definition) is 3. The van der Waals surface area contributed by atoms with Crippen LogP contribution in [0.15, 0.2) is 0 Å². The van der Waals surface area contributed by atoms with Crippen LogP contribution in [-0.4, -0.2) is 42.5 Å². The maximum atomic E-state index is 5.23. The molecule has 2 N–H and O–H groups in total. The predicted octanol–water partition coefficient (Wildman–Crippen LogP) is 1.27. The first-order valence-electron chi connectivity index (χ1n) is 5.97. The van der Waals surface area contributed by atoms with E-state index in [1.807, 2.05) is 0 Å². The fraction of sp³-hybridized carbons (Fsp3) is 0.909. The topological polar surface area (TPSA) is 36.5 Å². The SMILES string of the molecule is COCCNC(=S)NN1[C@H](C)CCC[C@H]1C. The average Bonchev–Trinajstić information content (AvgIpc) is 2.24. The van der Waals surface area contributed by atoms with Crippen molar-refractivity contribution in [3.05, 3.63) is 0 Å². The van der Waals surface area contributed by atoms with Crippen molar-refractivity contribution in [2.75, 3.05) is 20.3 Å². The molecule has 5 heteroatoms. The van der Waals surface area contributed by atoms with Gasteiger partial charge in [0, 0.05) is 25.7 Å². The number of nitrogens with zero attached hydrogens (tertiary/aromatic N) is 1. The Bertz CT molecular complexity index is 215. The summed E-state index contributed by atoms with van der Waals surface area (Å²) in [4.78, 5) is 0. The molecule has 0 unspecified atom stereocenters. The van der Waals surface area contributed by atoms with E-state index < -0.39 is 0 Å². The van der Waals surface area contributed by atoms with Gasteiger partial charge in [0.1, 0.15) is 0 Å². The van der Waals surface area contributed by atoms with Crippen molar-refractivity contribution < 1.29 is 4.74 Å². The lowest BCUT2D eigenvalue weighted by atomic mass is 10.00. The first kappa shape index (κ1) is 13.7. The Balaban J connectivity index is 2.30. The normalized spacial score (nSPS) is 26.4. The Kier molecular flexibility index (Phi) is 6.01. The van der Waals surface area contributed by atoms with Gasteiger partial charge in [0.15, 0.2) is 5.11 Å². The summed E-state index contributed by atoms with van der Waals surface area (Å²) in [6, 6.07) is 1.09. The smallest absolute Gasteiger partial charge is 0.181 e. The summed E-state index contributed by atoms with van der Waals surface area (Å²) in [5.41, 5.74) is 3.28. The molecule has 0 amide bonds. The second-order valence-corrected chi connectivity index (χ2v) is 4.80. The second kappa shape index (κ2) is 7.04. The van der Waals surface area contributed by atoms with Crippen LogP contribution < -0.4 is 10.7 Å². The molecule has 0 saturated carbocycles. The van der Waals surface area contributed by atoms with E-state index in [0.29, 0.717) is 23.8 Å². The molecule has 0 aromatic carbocycles. The Morgan fingerprint density at radius 3 is 2.56 bits per heavy atom. The van der Waals surface area contributed by atoms with E-state index >= 15 is 0 Å². The first-order valence-corrected chi connectivity index (χ1v) is 6.37. The number of piperidine rings is 1. The molecular weight excluding hydrogens is 222 g/mol. The van der Waals surface area contributed by atoms with Crippen molar-refractivity contribution in [2.24, 2.45) is 0 Å². The molecule has 0 bridgehead atoms. The summed E-state index contributed by atoms with van der Waals surface area (Å²) in [7, 11) is 1.69. The Labute approximate surface area is 104 Å². The largest absolute Gasteiger partial charge is 0.383 e. The molecule has 0 spiro atoms. The third-order valence-corrected chi connectivity index (χ3v) is 3.25. The van der Waals surface area contributed by atoms with Gasteiger partial charge in [-0.3, -0.25) is 5.43 Å². The summed E-state index contributed by atoms with van der Waals surface area (Å²) in [6.07, 6.45) is 3.78. The van der Waals surface area contributed by atoms with Crippen LogP contribution in [0, 0.1) is 0 Å². The highest BCUT2D eigenvalue weighted by molar-refractivity contribution is 7.80. The molecule has 16 heavy (non-hydrogen) atoms. The summed E-state index contributed by atoms with van der Waals surface area (Å²) in [5.74, 6) is 0. The van der Waals surface area contributed by atoms with E-state index in [2.05, 4.69) is 29.6 Å². The molecule has 0 aromatic rings. The second-order valence-electron chi connectivity index (χ2n) is 4.40.